The molecule has 2 aromatic carbocycles. The Hall–Kier alpha value is -2.70. The maximum atomic E-state index is 13.2. The normalized spacial score (nSPS) is 14.3. The molecular formula is C22H25F3N2O2. The summed E-state index contributed by atoms with van der Waals surface area (Å²) in [4.78, 5) is 14.7. The van der Waals surface area contributed by atoms with Gasteiger partial charge in [-0.25, -0.2) is 0 Å². The van der Waals surface area contributed by atoms with Crippen molar-refractivity contribution in [2.24, 2.45) is 5.92 Å². The van der Waals surface area contributed by atoms with Crippen LogP contribution >= 0.6 is 0 Å². The molecule has 0 saturated carbocycles. The summed E-state index contributed by atoms with van der Waals surface area (Å²) in [5.74, 6) is 0.565. The highest BCUT2D eigenvalue weighted by atomic mass is 19.4. The topological polar surface area (TPSA) is 41.6 Å². The highest BCUT2D eigenvalue weighted by molar-refractivity contribution is 6.06. The third kappa shape index (κ3) is 5.43. The first kappa shape index (κ1) is 21.0. The number of benzene rings is 2. The summed E-state index contributed by atoms with van der Waals surface area (Å²) in [5.41, 5.74) is 0.354. The Balaban J connectivity index is 1.80. The smallest absolute Gasteiger partial charge is 0.416 e. The number of amides is 1. The van der Waals surface area contributed by atoms with Gasteiger partial charge in [-0.05, 0) is 61.2 Å². The monoisotopic (exact) mass is 406 g/mol. The summed E-state index contributed by atoms with van der Waals surface area (Å²) >= 11 is 0. The fourth-order valence-electron chi connectivity index (χ4n) is 3.21. The number of carbonyl (C=O) groups excluding carboxylic acids is 1. The molecule has 0 atom stereocenters. The predicted octanol–water partition coefficient (Wildman–Crippen LogP) is 5.59. The lowest BCUT2D eigenvalue weighted by Crippen LogP contribution is -2.22. The second-order valence-electron chi connectivity index (χ2n) is 7.61. The van der Waals surface area contributed by atoms with E-state index in [0.29, 0.717) is 29.5 Å². The van der Waals surface area contributed by atoms with Crippen molar-refractivity contribution in [2.45, 2.75) is 32.9 Å². The molecule has 2 aromatic rings. The number of nitrogens with zero attached hydrogens (tertiary/aromatic N) is 1. The molecule has 1 saturated heterocycles. The third-order valence-electron chi connectivity index (χ3n) is 4.72. The third-order valence-corrected chi connectivity index (χ3v) is 4.72. The number of hydrogen-bond donors (Lipinski definition) is 1. The summed E-state index contributed by atoms with van der Waals surface area (Å²) < 4.78 is 45.1. The van der Waals surface area contributed by atoms with Crippen LogP contribution in [0.15, 0.2) is 42.5 Å². The van der Waals surface area contributed by atoms with Gasteiger partial charge in [-0.3, -0.25) is 4.79 Å². The van der Waals surface area contributed by atoms with E-state index in [1.807, 2.05) is 18.7 Å². The van der Waals surface area contributed by atoms with Crippen molar-refractivity contribution in [3.05, 3.63) is 53.6 Å². The molecule has 0 aliphatic carbocycles. The number of anilines is 2. The van der Waals surface area contributed by atoms with Crippen LogP contribution in [0.4, 0.5) is 24.5 Å². The molecule has 0 unspecified atom stereocenters. The molecule has 0 radical (unpaired) electrons. The fourth-order valence-corrected chi connectivity index (χ4v) is 3.21. The van der Waals surface area contributed by atoms with Crippen molar-refractivity contribution in [2.75, 3.05) is 29.9 Å². The van der Waals surface area contributed by atoms with Crippen molar-refractivity contribution in [3.63, 3.8) is 0 Å². The Labute approximate surface area is 168 Å². The second-order valence-corrected chi connectivity index (χ2v) is 7.61. The average Bonchev–Trinajstić information content (AvgIpc) is 3.20. The summed E-state index contributed by atoms with van der Waals surface area (Å²) in [6.07, 6.45) is -2.52. The molecule has 0 spiro atoms. The SMILES string of the molecule is CC(C)COc1ccc(C(=O)Nc2cc(C(F)(F)F)ccc2N2CCCC2)cc1. The van der Waals surface area contributed by atoms with Crippen LogP contribution in [0, 0.1) is 5.92 Å². The Morgan fingerprint density at radius 3 is 2.34 bits per heavy atom. The zero-order valence-corrected chi connectivity index (χ0v) is 16.6. The molecular weight excluding hydrogens is 381 g/mol. The maximum Gasteiger partial charge on any atom is 0.416 e. The molecule has 29 heavy (non-hydrogen) atoms. The molecule has 7 heteroatoms. The van der Waals surface area contributed by atoms with Gasteiger partial charge in [0, 0.05) is 18.7 Å². The Kier molecular flexibility index (Phi) is 6.35. The van der Waals surface area contributed by atoms with Gasteiger partial charge >= 0.3 is 6.18 Å². The largest absolute Gasteiger partial charge is 0.493 e. The molecule has 0 bridgehead atoms. The van der Waals surface area contributed by atoms with Gasteiger partial charge in [0.1, 0.15) is 5.75 Å². The van der Waals surface area contributed by atoms with Crippen LogP contribution in [0.5, 0.6) is 5.75 Å². The number of carbonyl (C=O) groups is 1. The van der Waals surface area contributed by atoms with E-state index in [4.69, 9.17) is 4.74 Å². The van der Waals surface area contributed by atoms with E-state index in [0.717, 1.165) is 38.1 Å². The van der Waals surface area contributed by atoms with Crippen LogP contribution in [-0.4, -0.2) is 25.6 Å². The number of rotatable bonds is 6. The molecule has 1 aliphatic heterocycles. The minimum atomic E-state index is -4.47. The summed E-state index contributed by atoms with van der Waals surface area (Å²) in [7, 11) is 0. The maximum absolute atomic E-state index is 13.2. The first-order chi connectivity index (χ1) is 13.7. The zero-order chi connectivity index (χ0) is 21.0. The van der Waals surface area contributed by atoms with Crippen molar-refractivity contribution in [1.29, 1.82) is 0 Å². The average molecular weight is 406 g/mol. The standard InChI is InChI=1S/C22H25F3N2O2/c1-15(2)14-29-18-8-5-16(6-9-18)21(28)26-19-13-17(22(23,24)25)7-10-20(19)27-11-3-4-12-27/h5-10,13,15H,3-4,11-12,14H2,1-2H3,(H,26,28). The first-order valence-corrected chi connectivity index (χ1v) is 9.74. The highest BCUT2D eigenvalue weighted by Crippen LogP contribution is 2.36. The van der Waals surface area contributed by atoms with E-state index in [9.17, 15) is 18.0 Å². The van der Waals surface area contributed by atoms with Crippen LogP contribution < -0.4 is 15.0 Å². The Bertz CT molecular complexity index is 842. The van der Waals surface area contributed by atoms with E-state index < -0.39 is 17.6 Å². The molecule has 1 amide bonds. The molecule has 0 aromatic heterocycles. The van der Waals surface area contributed by atoms with Crippen molar-refractivity contribution in [3.8, 4) is 5.75 Å². The molecule has 4 nitrogen and oxygen atoms in total. The summed E-state index contributed by atoms with van der Waals surface area (Å²) in [6.45, 7) is 6.16. The summed E-state index contributed by atoms with van der Waals surface area (Å²) in [5, 5.41) is 2.66. The Morgan fingerprint density at radius 1 is 1.10 bits per heavy atom. The molecule has 156 valence electrons. The molecule has 3 rings (SSSR count). The number of nitrogens with one attached hydrogen (secondary N) is 1. The van der Waals surface area contributed by atoms with E-state index >= 15 is 0 Å². The van der Waals surface area contributed by atoms with Crippen molar-refractivity contribution >= 4 is 17.3 Å². The van der Waals surface area contributed by atoms with Crippen LogP contribution in [-0.2, 0) is 6.18 Å². The highest BCUT2D eigenvalue weighted by Gasteiger charge is 2.32. The van der Waals surface area contributed by atoms with Crippen molar-refractivity contribution in [1.82, 2.24) is 0 Å². The minimum absolute atomic E-state index is 0.173. The first-order valence-electron chi connectivity index (χ1n) is 9.74. The van der Waals surface area contributed by atoms with Crippen LogP contribution in [0.25, 0.3) is 0 Å². The van der Waals surface area contributed by atoms with Crippen molar-refractivity contribution < 1.29 is 22.7 Å². The van der Waals surface area contributed by atoms with Crippen LogP contribution in [0.3, 0.4) is 0 Å². The van der Waals surface area contributed by atoms with Gasteiger partial charge in [-0.2, -0.15) is 13.2 Å². The van der Waals surface area contributed by atoms with Gasteiger partial charge in [0.15, 0.2) is 0 Å². The molecule has 1 aliphatic rings. The van der Waals surface area contributed by atoms with Gasteiger partial charge in [0.25, 0.3) is 5.91 Å². The Morgan fingerprint density at radius 2 is 1.76 bits per heavy atom. The predicted molar refractivity (Wildman–Crippen MR) is 108 cm³/mol. The quantitative estimate of drug-likeness (QED) is 0.680. The van der Waals surface area contributed by atoms with E-state index in [-0.39, 0.29) is 5.69 Å². The van der Waals surface area contributed by atoms with Crippen LogP contribution in [0.2, 0.25) is 0 Å². The van der Waals surface area contributed by atoms with Gasteiger partial charge in [-0.1, -0.05) is 13.8 Å². The van der Waals surface area contributed by atoms with Gasteiger partial charge in [-0.15, -0.1) is 0 Å². The molecule has 1 heterocycles. The van der Waals surface area contributed by atoms with Gasteiger partial charge in [0.2, 0.25) is 0 Å². The minimum Gasteiger partial charge on any atom is -0.493 e. The number of halogens is 3. The lowest BCUT2D eigenvalue weighted by atomic mass is 10.1. The molecule has 1 N–H and O–H groups in total. The molecule has 1 fully saturated rings. The lowest BCUT2D eigenvalue weighted by molar-refractivity contribution is -0.137. The summed E-state index contributed by atoms with van der Waals surface area (Å²) in [6, 6.07) is 10.1. The van der Waals surface area contributed by atoms with E-state index in [1.165, 1.54) is 6.07 Å². The van der Waals surface area contributed by atoms with E-state index in [1.54, 1.807) is 24.3 Å². The van der Waals surface area contributed by atoms with E-state index in [2.05, 4.69) is 5.32 Å². The zero-order valence-electron chi connectivity index (χ0n) is 16.6. The number of ether oxygens (including phenoxy) is 1. The van der Waals surface area contributed by atoms with Gasteiger partial charge < -0.3 is 15.0 Å². The number of hydrogen-bond acceptors (Lipinski definition) is 3. The number of alkyl halides is 3. The van der Waals surface area contributed by atoms with Gasteiger partial charge in [0.05, 0.1) is 23.5 Å². The second kappa shape index (κ2) is 8.76. The van der Waals surface area contributed by atoms with Crippen LogP contribution in [0.1, 0.15) is 42.6 Å². The fraction of sp³-hybridized carbons (Fsp3) is 0.409. The lowest BCUT2D eigenvalue weighted by Gasteiger charge is -2.23.